The van der Waals surface area contributed by atoms with Crippen molar-refractivity contribution >= 4 is 5.52 Å². The minimum Gasteiger partial charge on any atom is -0.307 e. The number of hydrogen-bond donors (Lipinski definition) is 1. The van der Waals surface area contributed by atoms with Crippen molar-refractivity contribution < 1.29 is 0 Å². The van der Waals surface area contributed by atoms with Gasteiger partial charge in [-0.25, -0.2) is 9.50 Å². The summed E-state index contributed by atoms with van der Waals surface area (Å²) in [6, 6.07) is 0. The molecule has 2 heterocycles. The highest BCUT2D eigenvalue weighted by Gasteiger charge is 2.11. The minimum atomic E-state index is -0.121. The largest absolute Gasteiger partial charge is 0.307 e. The van der Waals surface area contributed by atoms with Crippen molar-refractivity contribution in [3.05, 3.63) is 28.7 Å². The third-order valence-corrected chi connectivity index (χ3v) is 2.68. The highest BCUT2D eigenvalue weighted by molar-refractivity contribution is 5.39. The van der Waals surface area contributed by atoms with Gasteiger partial charge in [0.2, 0.25) is 0 Å². The number of rotatable bonds is 3. The highest BCUT2D eigenvalue weighted by Crippen LogP contribution is 2.17. The molecule has 2 aromatic heterocycles. The van der Waals surface area contributed by atoms with Crippen molar-refractivity contribution in [3.8, 4) is 0 Å². The number of nitrogens with one attached hydrogen (secondary N) is 1. The van der Waals surface area contributed by atoms with E-state index in [1.807, 2.05) is 0 Å². The van der Waals surface area contributed by atoms with Gasteiger partial charge in [0.15, 0.2) is 0 Å². The molecule has 0 amide bonds. The van der Waals surface area contributed by atoms with Gasteiger partial charge in [-0.05, 0) is 12.8 Å². The molecule has 5 heteroatoms. The van der Waals surface area contributed by atoms with E-state index in [2.05, 4.69) is 28.9 Å². The Morgan fingerprint density at radius 2 is 2.20 bits per heavy atom. The van der Waals surface area contributed by atoms with E-state index >= 15 is 0 Å². The molecule has 0 aliphatic rings. The van der Waals surface area contributed by atoms with E-state index in [4.69, 9.17) is 0 Å². The molecular weight excluding hydrogens is 192 g/mol. The molecule has 0 spiro atoms. The molecule has 0 radical (unpaired) electrons. The lowest BCUT2D eigenvalue weighted by atomic mass is 10.0. The van der Waals surface area contributed by atoms with Crippen LogP contribution in [-0.4, -0.2) is 19.6 Å². The van der Waals surface area contributed by atoms with Crippen LogP contribution in [0.25, 0.3) is 5.52 Å². The number of hydrogen-bond acceptors (Lipinski definition) is 3. The standard InChI is InChI=1S/C10H14N4O/c1-3-7(4-2)9-12-10(15)8-5-11-6-14(8)13-9/h5-7H,3-4H2,1-2H3,(H,12,13,15). The molecule has 0 aliphatic heterocycles. The lowest BCUT2D eigenvalue weighted by Crippen LogP contribution is -2.17. The van der Waals surface area contributed by atoms with Crippen molar-refractivity contribution in [2.24, 2.45) is 0 Å². The summed E-state index contributed by atoms with van der Waals surface area (Å²) in [6.07, 6.45) is 5.01. The van der Waals surface area contributed by atoms with Crippen molar-refractivity contribution in [3.63, 3.8) is 0 Å². The molecule has 0 saturated carbocycles. The zero-order chi connectivity index (χ0) is 10.8. The second kappa shape index (κ2) is 3.84. The van der Waals surface area contributed by atoms with Crippen LogP contribution < -0.4 is 5.56 Å². The smallest absolute Gasteiger partial charge is 0.276 e. The number of imidazole rings is 1. The minimum absolute atomic E-state index is 0.121. The van der Waals surface area contributed by atoms with E-state index in [1.54, 1.807) is 6.33 Å². The summed E-state index contributed by atoms with van der Waals surface area (Å²) in [5.41, 5.74) is 0.370. The molecular formula is C10H14N4O. The van der Waals surface area contributed by atoms with Crippen LogP contribution in [0.15, 0.2) is 17.3 Å². The summed E-state index contributed by atoms with van der Waals surface area (Å²) >= 11 is 0. The zero-order valence-corrected chi connectivity index (χ0v) is 8.90. The Morgan fingerprint density at radius 1 is 1.47 bits per heavy atom. The number of aromatic amines is 1. The molecule has 0 unspecified atom stereocenters. The first kappa shape index (κ1) is 9.89. The Morgan fingerprint density at radius 3 is 2.87 bits per heavy atom. The van der Waals surface area contributed by atoms with Gasteiger partial charge in [0.1, 0.15) is 17.7 Å². The van der Waals surface area contributed by atoms with Gasteiger partial charge in [0.05, 0.1) is 6.20 Å². The summed E-state index contributed by atoms with van der Waals surface area (Å²) in [7, 11) is 0. The first-order chi connectivity index (χ1) is 7.26. The van der Waals surface area contributed by atoms with E-state index < -0.39 is 0 Å². The van der Waals surface area contributed by atoms with Gasteiger partial charge < -0.3 is 4.98 Å². The Bertz CT molecular complexity index is 509. The number of aromatic nitrogens is 4. The highest BCUT2D eigenvalue weighted by atomic mass is 16.1. The molecule has 2 aromatic rings. The summed E-state index contributed by atoms with van der Waals surface area (Å²) in [6.45, 7) is 4.18. The van der Waals surface area contributed by atoms with E-state index in [9.17, 15) is 4.79 Å². The van der Waals surface area contributed by atoms with Gasteiger partial charge in [-0.15, -0.1) is 0 Å². The number of H-pyrrole nitrogens is 1. The van der Waals surface area contributed by atoms with Gasteiger partial charge in [0, 0.05) is 5.92 Å². The third kappa shape index (κ3) is 1.65. The first-order valence-corrected chi connectivity index (χ1v) is 5.18. The molecule has 80 valence electrons. The molecule has 0 aliphatic carbocycles. The van der Waals surface area contributed by atoms with Gasteiger partial charge in [-0.2, -0.15) is 5.10 Å². The summed E-state index contributed by atoms with van der Waals surface area (Å²) in [5, 5.41) is 4.34. The molecule has 5 nitrogen and oxygen atoms in total. The molecule has 0 fully saturated rings. The van der Waals surface area contributed by atoms with Crippen molar-refractivity contribution in [2.75, 3.05) is 0 Å². The number of fused-ring (bicyclic) bond motifs is 1. The van der Waals surface area contributed by atoms with Crippen LogP contribution >= 0.6 is 0 Å². The Labute approximate surface area is 87.2 Å². The van der Waals surface area contributed by atoms with Crippen LogP contribution in [0.4, 0.5) is 0 Å². The Kier molecular flexibility index (Phi) is 2.53. The van der Waals surface area contributed by atoms with Crippen molar-refractivity contribution in [2.45, 2.75) is 32.6 Å². The van der Waals surface area contributed by atoms with Gasteiger partial charge in [-0.1, -0.05) is 13.8 Å². The predicted molar refractivity (Wildman–Crippen MR) is 56.9 cm³/mol. The molecule has 0 atom stereocenters. The van der Waals surface area contributed by atoms with Crippen molar-refractivity contribution in [1.29, 1.82) is 0 Å². The fourth-order valence-corrected chi connectivity index (χ4v) is 1.71. The van der Waals surface area contributed by atoms with Gasteiger partial charge in [0.25, 0.3) is 5.56 Å². The van der Waals surface area contributed by atoms with Crippen molar-refractivity contribution in [1.82, 2.24) is 19.6 Å². The third-order valence-electron chi connectivity index (χ3n) is 2.68. The molecule has 2 rings (SSSR count). The predicted octanol–water partition coefficient (Wildman–Crippen LogP) is 1.32. The fourth-order valence-electron chi connectivity index (χ4n) is 1.71. The monoisotopic (exact) mass is 206 g/mol. The van der Waals surface area contributed by atoms with Gasteiger partial charge in [-0.3, -0.25) is 4.79 Å². The molecule has 15 heavy (non-hydrogen) atoms. The van der Waals surface area contributed by atoms with Crippen LogP contribution in [0, 0.1) is 0 Å². The van der Waals surface area contributed by atoms with E-state index in [1.165, 1.54) is 10.7 Å². The average Bonchev–Trinajstić information content (AvgIpc) is 2.68. The number of nitrogens with zero attached hydrogens (tertiary/aromatic N) is 3. The summed E-state index contributed by atoms with van der Waals surface area (Å²) in [5.74, 6) is 1.06. The first-order valence-electron chi connectivity index (χ1n) is 5.18. The lowest BCUT2D eigenvalue weighted by molar-refractivity contribution is 0.581. The second-order valence-electron chi connectivity index (χ2n) is 3.58. The van der Waals surface area contributed by atoms with E-state index in [-0.39, 0.29) is 5.56 Å². The average molecular weight is 206 g/mol. The van der Waals surface area contributed by atoms with Crippen LogP contribution in [0.3, 0.4) is 0 Å². The topological polar surface area (TPSA) is 63.1 Å². The van der Waals surface area contributed by atoms with Gasteiger partial charge >= 0.3 is 0 Å². The summed E-state index contributed by atoms with van der Waals surface area (Å²) < 4.78 is 1.53. The second-order valence-corrected chi connectivity index (χ2v) is 3.58. The maximum atomic E-state index is 11.6. The van der Waals surface area contributed by atoms with Crippen LogP contribution in [0.2, 0.25) is 0 Å². The molecule has 1 N–H and O–H groups in total. The van der Waals surface area contributed by atoms with Crippen LogP contribution in [-0.2, 0) is 0 Å². The normalized spacial score (nSPS) is 11.4. The maximum absolute atomic E-state index is 11.6. The van der Waals surface area contributed by atoms with E-state index in [0.29, 0.717) is 11.4 Å². The zero-order valence-electron chi connectivity index (χ0n) is 8.90. The molecule has 0 aromatic carbocycles. The fraction of sp³-hybridized carbons (Fsp3) is 0.500. The van der Waals surface area contributed by atoms with Crippen LogP contribution in [0.5, 0.6) is 0 Å². The van der Waals surface area contributed by atoms with Crippen LogP contribution in [0.1, 0.15) is 38.4 Å². The SMILES string of the molecule is CCC(CC)c1nn2cncc2c(=O)[nH]1. The maximum Gasteiger partial charge on any atom is 0.276 e. The molecule has 0 saturated heterocycles. The quantitative estimate of drug-likeness (QED) is 0.823. The van der Waals surface area contributed by atoms with E-state index in [0.717, 1.165) is 18.7 Å². The summed E-state index contributed by atoms with van der Waals surface area (Å²) in [4.78, 5) is 18.3. The Hall–Kier alpha value is -1.65. The lowest BCUT2D eigenvalue weighted by Gasteiger charge is -2.10. The molecule has 0 bridgehead atoms. The Balaban J connectivity index is 2.58.